The molecule has 2 aromatic rings. The van der Waals surface area contributed by atoms with Gasteiger partial charge < -0.3 is 10.2 Å². The van der Waals surface area contributed by atoms with Gasteiger partial charge in [0.15, 0.2) is 0 Å². The predicted octanol–water partition coefficient (Wildman–Crippen LogP) is 1.32. The molecule has 1 aromatic carbocycles. The van der Waals surface area contributed by atoms with Crippen LogP contribution in [0.25, 0.3) is 0 Å². The summed E-state index contributed by atoms with van der Waals surface area (Å²) >= 11 is 0. The maximum atomic E-state index is 12.5. The van der Waals surface area contributed by atoms with Gasteiger partial charge in [-0.3, -0.25) is 14.7 Å². The number of hydrogen-bond acceptors (Lipinski definition) is 5. The fourth-order valence-corrected chi connectivity index (χ4v) is 4.08. The Balaban J connectivity index is 2.07. The maximum absolute atomic E-state index is 12.5. The molecule has 0 bridgehead atoms. The molecule has 0 aliphatic rings. The minimum absolute atomic E-state index is 0.0411. The molecule has 0 atom stereocenters. The smallest absolute Gasteiger partial charge is 0.244 e. The second kappa shape index (κ2) is 8.31. The number of carbonyl (C=O) groups excluding carboxylic acids is 2. The zero-order valence-electron chi connectivity index (χ0n) is 15.7. The van der Waals surface area contributed by atoms with E-state index in [4.69, 9.17) is 0 Å². The first kappa shape index (κ1) is 20.6. The number of rotatable bonds is 7. The Hall–Kier alpha value is -2.72. The van der Waals surface area contributed by atoms with E-state index in [1.807, 2.05) is 0 Å². The number of sulfonamides is 1. The number of aryl methyl sites for hydroxylation is 2. The average Bonchev–Trinajstić information content (AvgIpc) is 2.91. The summed E-state index contributed by atoms with van der Waals surface area (Å²) in [6, 6.07) is 6.72. The van der Waals surface area contributed by atoms with Crippen molar-refractivity contribution in [3.05, 3.63) is 35.7 Å². The number of hydrogen-bond donors (Lipinski definition) is 3. The first-order valence-corrected chi connectivity index (χ1v) is 9.77. The molecule has 0 unspecified atom stereocenters. The van der Waals surface area contributed by atoms with E-state index in [9.17, 15) is 18.0 Å². The van der Waals surface area contributed by atoms with Gasteiger partial charge in [-0.25, -0.2) is 13.1 Å². The van der Waals surface area contributed by atoms with Crippen LogP contribution in [0.5, 0.6) is 0 Å². The van der Waals surface area contributed by atoms with E-state index in [0.29, 0.717) is 22.8 Å². The number of aromatic amines is 1. The van der Waals surface area contributed by atoms with Gasteiger partial charge in [0.05, 0.1) is 11.4 Å². The molecule has 1 aromatic heterocycles. The van der Waals surface area contributed by atoms with Crippen LogP contribution in [0.2, 0.25) is 0 Å². The third-order valence-electron chi connectivity index (χ3n) is 3.84. The summed E-state index contributed by atoms with van der Waals surface area (Å²) in [5.74, 6) is -0.414. The fraction of sp³-hybridized carbons (Fsp3) is 0.353. The van der Waals surface area contributed by atoms with Gasteiger partial charge in [0.1, 0.15) is 4.90 Å². The molecular weight excluding hydrogens is 370 g/mol. The lowest BCUT2D eigenvalue weighted by Gasteiger charge is -2.21. The highest BCUT2D eigenvalue weighted by molar-refractivity contribution is 7.89. The van der Waals surface area contributed by atoms with Gasteiger partial charge in [0, 0.05) is 38.3 Å². The van der Waals surface area contributed by atoms with Crippen molar-refractivity contribution in [1.82, 2.24) is 14.9 Å². The zero-order valence-corrected chi connectivity index (χ0v) is 16.5. The first-order valence-electron chi connectivity index (χ1n) is 8.29. The number of H-pyrrole nitrogens is 1. The lowest BCUT2D eigenvalue weighted by atomic mass is 10.2. The number of carbonyl (C=O) groups is 2. The summed E-state index contributed by atoms with van der Waals surface area (Å²) in [5, 5.41) is 9.18. The van der Waals surface area contributed by atoms with Gasteiger partial charge in [-0.05, 0) is 38.1 Å². The summed E-state index contributed by atoms with van der Waals surface area (Å²) in [7, 11) is -3.73. The second-order valence-electron chi connectivity index (χ2n) is 6.06. The summed E-state index contributed by atoms with van der Waals surface area (Å²) in [6.45, 7) is 6.25. The molecule has 27 heavy (non-hydrogen) atoms. The highest BCUT2D eigenvalue weighted by atomic mass is 32.2. The lowest BCUT2D eigenvalue weighted by Crippen LogP contribution is -2.37. The minimum Gasteiger partial charge on any atom is -0.326 e. The van der Waals surface area contributed by atoms with E-state index in [1.165, 1.54) is 18.7 Å². The van der Waals surface area contributed by atoms with E-state index in [-0.39, 0.29) is 29.8 Å². The van der Waals surface area contributed by atoms with Crippen LogP contribution in [-0.4, -0.2) is 43.5 Å². The Bertz CT molecular complexity index is 915. The van der Waals surface area contributed by atoms with Crippen molar-refractivity contribution in [3.8, 4) is 0 Å². The van der Waals surface area contributed by atoms with Gasteiger partial charge in [0.2, 0.25) is 21.8 Å². The van der Waals surface area contributed by atoms with Crippen LogP contribution in [-0.2, 0) is 19.6 Å². The van der Waals surface area contributed by atoms with Crippen LogP contribution in [0.3, 0.4) is 0 Å². The standard InChI is InChI=1S/C17H23N5O4S/c1-11-17(12(2)21-20-11)27(25,26)18-9-10-22(14(4)24)16-7-5-15(6-8-16)19-13(3)23/h5-8,18H,9-10H2,1-4H3,(H,19,23)(H,20,21). The molecule has 9 nitrogen and oxygen atoms in total. The van der Waals surface area contributed by atoms with Crippen LogP contribution < -0.4 is 14.9 Å². The number of benzene rings is 1. The van der Waals surface area contributed by atoms with Gasteiger partial charge in [0.25, 0.3) is 0 Å². The van der Waals surface area contributed by atoms with Crippen molar-refractivity contribution in [2.75, 3.05) is 23.3 Å². The molecule has 10 heteroatoms. The molecule has 3 N–H and O–H groups in total. The first-order chi connectivity index (χ1) is 12.6. The Labute approximate surface area is 158 Å². The molecule has 2 amide bonds. The second-order valence-corrected chi connectivity index (χ2v) is 7.76. The highest BCUT2D eigenvalue weighted by Crippen LogP contribution is 2.19. The van der Waals surface area contributed by atoms with Gasteiger partial charge in [-0.2, -0.15) is 5.10 Å². The van der Waals surface area contributed by atoms with Crippen LogP contribution in [0, 0.1) is 13.8 Å². The number of anilines is 2. The van der Waals surface area contributed by atoms with Crippen molar-refractivity contribution < 1.29 is 18.0 Å². The zero-order chi connectivity index (χ0) is 20.2. The third kappa shape index (κ3) is 5.14. The summed E-state index contributed by atoms with van der Waals surface area (Å²) < 4.78 is 27.4. The summed E-state index contributed by atoms with van der Waals surface area (Å²) in [5.41, 5.74) is 2.06. The Morgan fingerprint density at radius 1 is 1.15 bits per heavy atom. The topological polar surface area (TPSA) is 124 Å². The van der Waals surface area contributed by atoms with Gasteiger partial charge >= 0.3 is 0 Å². The predicted molar refractivity (Wildman–Crippen MR) is 102 cm³/mol. The van der Waals surface area contributed by atoms with Crippen molar-refractivity contribution in [2.24, 2.45) is 0 Å². The minimum atomic E-state index is -3.73. The van der Waals surface area contributed by atoms with Crippen molar-refractivity contribution >= 4 is 33.2 Å². The van der Waals surface area contributed by atoms with Gasteiger partial charge in [-0.15, -0.1) is 0 Å². The molecule has 0 radical (unpaired) electrons. The van der Waals surface area contributed by atoms with Crippen LogP contribution in [0.4, 0.5) is 11.4 Å². The summed E-state index contributed by atoms with van der Waals surface area (Å²) in [6.07, 6.45) is 0. The fourth-order valence-electron chi connectivity index (χ4n) is 2.70. The van der Waals surface area contributed by atoms with Crippen molar-refractivity contribution in [3.63, 3.8) is 0 Å². The van der Waals surface area contributed by atoms with Crippen LogP contribution >= 0.6 is 0 Å². The van der Waals surface area contributed by atoms with E-state index in [2.05, 4.69) is 20.2 Å². The van der Waals surface area contributed by atoms with Crippen LogP contribution in [0.1, 0.15) is 25.2 Å². The Morgan fingerprint density at radius 3 is 2.26 bits per heavy atom. The Kier molecular flexibility index (Phi) is 6.34. The number of nitrogens with one attached hydrogen (secondary N) is 3. The van der Waals surface area contributed by atoms with Crippen molar-refractivity contribution in [2.45, 2.75) is 32.6 Å². The SMILES string of the molecule is CC(=O)Nc1ccc(N(CCNS(=O)(=O)c2c(C)n[nH]c2C)C(C)=O)cc1. The lowest BCUT2D eigenvalue weighted by molar-refractivity contribution is -0.116. The van der Waals surface area contributed by atoms with E-state index < -0.39 is 10.0 Å². The summed E-state index contributed by atoms with van der Waals surface area (Å²) in [4.78, 5) is 24.6. The van der Waals surface area contributed by atoms with E-state index >= 15 is 0 Å². The van der Waals surface area contributed by atoms with E-state index in [0.717, 1.165) is 0 Å². The molecular formula is C17H23N5O4S. The molecule has 2 rings (SSSR count). The van der Waals surface area contributed by atoms with Crippen molar-refractivity contribution in [1.29, 1.82) is 0 Å². The largest absolute Gasteiger partial charge is 0.326 e. The van der Waals surface area contributed by atoms with E-state index in [1.54, 1.807) is 38.1 Å². The maximum Gasteiger partial charge on any atom is 0.244 e. The Morgan fingerprint density at radius 2 is 1.78 bits per heavy atom. The molecule has 0 saturated heterocycles. The molecule has 0 saturated carbocycles. The average molecular weight is 393 g/mol. The highest BCUT2D eigenvalue weighted by Gasteiger charge is 2.22. The monoisotopic (exact) mass is 393 g/mol. The number of nitrogens with zero attached hydrogens (tertiary/aromatic N) is 2. The molecule has 0 aliphatic heterocycles. The molecule has 0 spiro atoms. The number of amides is 2. The molecule has 0 aliphatic carbocycles. The normalized spacial score (nSPS) is 11.3. The van der Waals surface area contributed by atoms with Gasteiger partial charge in [-0.1, -0.05) is 0 Å². The molecule has 146 valence electrons. The number of aromatic nitrogens is 2. The molecule has 1 heterocycles. The third-order valence-corrected chi connectivity index (χ3v) is 5.56. The molecule has 0 fully saturated rings. The van der Waals surface area contributed by atoms with Crippen LogP contribution in [0.15, 0.2) is 29.2 Å². The quantitative estimate of drug-likeness (QED) is 0.654.